The third-order valence-electron chi connectivity index (χ3n) is 3.89. The lowest BCUT2D eigenvalue weighted by Gasteiger charge is -2.08. The topological polar surface area (TPSA) is 27.1 Å². The minimum absolute atomic E-state index is 0.451. The van der Waals surface area contributed by atoms with Crippen LogP contribution in [0.5, 0.6) is 5.75 Å². The van der Waals surface area contributed by atoms with E-state index in [9.17, 15) is 0 Å². The monoisotopic (exact) mass is 308 g/mol. The van der Waals surface area contributed by atoms with Gasteiger partial charge in [0.1, 0.15) is 11.6 Å². The molecule has 21 heavy (non-hydrogen) atoms. The summed E-state index contributed by atoms with van der Waals surface area (Å²) >= 11 is 6.04. The molecule has 2 aromatic rings. The molecule has 0 saturated heterocycles. The Balaban J connectivity index is 2.03. The molecule has 0 saturated carbocycles. The van der Waals surface area contributed by atoms with Gasteiger partial charge in [0, 0.05) is 12.6 Å². The zero-order valence-corrected chi connectivity index (χ0v) is 13.8. The minimum Gasteiger partial charge on any atom is -0.497 e. The largest absolute Gasteiger partial charge is 0.497 e. The van der Waals surface area contributed by atoms with Crippen molar-refractivity contribution in [1.29, 1.82) is 0 Å². The molecule has 0 bridgehead atoms. The standard InChI is InChI=1S/C17H25ClN2O/c1-3-4-5-6-7-8-11-20-16-10-9-14(21-2)12-15(16)19-17(20)13-18/h9-10,12H,3-8,11,13H2,1-2H3. The number of rotatable bonds is 9. The van der Waals surface area contributed by atoms with E-state index in [-0.39, 0.29) is 0 Å². The molecule has 0 atom stereocenters. The number of imidazole rings is 1. The second-order valence-corrected chi connectivity index (χ2v) is 5.70. The number of aryl methyl sites for hydroxylation is 1. The van der Waals surface area contributed by atoms with Crippen LogP contribution < -0.4 is 4.74 Å². The van der Waals surface area contributed by atoms with Gasteiger partial charge in [-0.3, -0.25) is 0 Å². The van der Waals surface area contributed by atoms with Gasteiger partial charge < -0.3 is 9.30 Å². The van der Waals surface area contributed by atoms with Crippen LogP contribution in [0.3, 0.4) is 0 Å². The number of ether oxygens (including phenoxy) is 1. The average Bonchev–Trinajstić information content (AvgIpc) is 2.87. The highest BCUT2D eigenvalue weighted by molar-refractivity contribution is 6.16. The minimum atomic E-state index is 0.451. The van der Waals surface area contributed by atoms with Gasteiger partial charge in [-0.05, 0) is 18.6 Å². The van der Waals surface area contributed by atoms with Crippen LogP contribution >= 0.6 is 11.6 Å². The van der Waals surface area contributed by atoms with Gasteiger partial charge in [0.15, 0.2) is 0 Å². The molecule has 1 heterocycles. The van der Waals surface area contributed by atoms with Crippen LogP contribution in [-0.2, 0) is 12.4 Å². The summed E-state index contributed by atoms with van der Waals surface area (Å²) < 4.78 is 7.51. The SMILES string of the molecule is CCCCCCCCn1c(CCl)nc2cc(OC)ccc21. The molecule has 0 spiro atoms. The number of benzene rings is 1. The van der Waals surface area contributed by atoms with E-state index < -0.39 is 0 Å². The lowest BCUT2D eigenvalue weighted by atomic mass is 10.1. The van der Waals surface area contributed by atoms with Crippen molar-refractivity contribution in [2.24, 2.45) is 0 Å². The van der Waals surface area contributed by atoms with Crippen molar-refractivity contribution in [3.8, 4) is 5.75 Å². The Hall–Kier alpha value is -1.22. The number of hydrogen-bond donors (Lipinski definition) is 0. The molecule has 0 amide bonds. The number of methoxy groups -OCH3 is 1. The number of unbranched alkanes of at least 4 members (excludes halogenated alkanes) is 5. The predicted octanol–water partition coefficient (Wildman–Crippen LogP) is 5.14. The fourth-order valence-corrected chi connectivity index (χ4v) is 2.89. The van der Waals surface area contributed by atoms with Crippen molar-refractivity contribution >= 4 is 22.6 Å². The Morgan fingerprint density at radius 2 is 1.90 bits per heavy atom. The Bertz CT molecular complexity index is 565. The van der Waals surface area contributed by atoms with Crippen molar-refractivity contribution in [2.45, 2.75) is 57.9 Å². The van der Waals surface area contributed by atoms with Crippen LogP contribution in [-0.4, -0.2) is 16.7 Å². The highest BCUT2D eigenvalue weighted by atomic mass is 35.5. The van der Waals surface area contributed by atoms with Gasteiger partial charge >= 0.3 is 0 Å². The molecule has 1 aromatic heterocycles. The van der Waals surface area contributed by atoms with Crippen LogP contribution in [0.1, 0.15) is 51.3 Å². The first kappa shape index (κ1) is 16.2. The number of nitrogens with zero attached hydrogens (tertiary/aromatic N) is 2. The summed E-state index contributed by atoms with van der Waals surface area (Å²) in [7, 11) is 1.68. The molecule has 0 aliphatic rings. The van der Waals surface area contributed by atoms with Crippen molar-refractivity contribution in [1.82, 2.24) is 9.55 Å². The van der Waals surface area contributed by atoms with E-state index in [0.29, 0.717) is 5.88 Å². The number of fused-ring (bicyclic) bond motifs is 1. The number of aromatic nitrogens is 2. The second-order valence-electron chi connectivity index (χ2n) is 5.44. The molecular weight excluding hydrogens is 284 g/mol. The van der Waals surface area contributed by atoms with E-state index >= 15 is 0 Å². The Morgan fingerprint density at radius 1 is 1.14 bits per heavy atom. The van der Waals surface area contributed by atoms with Crippen LogP contribution in [0.25, 0.3) is 11.0 Å². The molecule has 116 valence electrons. The first-order valence-corrected chi connectivity index (χ1v) is 8.42. The first-order chi connectivity index (χ1) is 10.3. The molecule has 0 N–H and O–H groups in total. The Labute approximate surface area is 132 Å². The zero-order valence-electron chi connectivity index (χ0n) is 13.1. The molecule has 0 fully saturated rings. The molecule has 0 unspecified atom stereocenters. The fourth-order valence-electron chi connectivity index (χ4n) is 2.69. The normalized spacial score (nSPS) is 11.2. The average molecular weight is 309 g/mol. The number of hydrogen-bond acceptors (Lipinski definition) is 2. The smallest absolute Gasteiger partial charge is 0.124 e. The van der Waals surface area contributed by atoms with E-state index in [2.05, 4.69) is 22.5 Å². The Kier molecular flexibility index (Phi) is 6.37. The number of alkyl halides is 1. The van der Waals surface area contributed by atoms with Crippen LogP contribution in [0, 0.1) is 0 Å². The van der Waals surface area contributed by atoms with Crippen LogP contribution in [0.2, 0.25) is 0 Å². The van der Waals surface area contributed by atoms with E-state index in [1.807, 2.05) is 12.1 Å². The highest BCUT2D eigenvalue weighted by Gasteiger charge is 2.10. The van der Waals surface area contributed by atoms with E-state index in [1.54, 1.807) is 7.11 Å². The van der Waals surface area contributed by atoms with Crippen LogP contribution in [0.15, 0.2) is 18.2 Å². The van der Waals surface area contributed by atoms with Crippen LogP contribution in [0.4, 0.5) is 0 Å². The maximum absolute atomic E-state index is 6.04. The lowest BCUT2D eigenvalue weighted by molar-refractivity contribution is 0.415. The molecule has 1 aromatic carbocycles. The summed E-state index contributed by atoms with van der Waals surface area (Å²) in [5.41, 5.74) is 2.12. The van der Waals surface area contributed by atoms with Gasteiger partial charge in [0.2, 0.25) is 0 Å². The predicted molar refractivity (Wildman–Crippen MR) is 89.2 cm³/mol. The van der Waals surface area contributed by atoms with Gasteiger partial charge in [-0.1, -0.05) is 39.0 Å². The fraction of sp³-hybridized carbons (Fsp3) is 0.588. The van der Waals surface area contributed by atoms with Crippen molar-refractivity contribution in [3.05, 3.63) is 24.0 Å². The maximum Gasteiger partial charge on any atom is 0.124 e. The molecule has 4 heteroatoms. The van der Waals surface area contributed by atoms with Crippen molar-refractivity contribution in [3.63, 3.8) is 0 Å². The third kappa shape index (κ3) is 4.13. The Morgan fingerprint density at radius 3 is 2.62 bits per heavy atom. The summed E-state index contributed by atoms with van der Waals surface area (Å²) in [6, 6.07) is 6.04. The zero-order chi connectivity index (χ0) is 15.1. The summed E-state index contributed by atoms with van der Waals surface area (Å²) in [4.78, 5) is 4.62. The first-order valence-electron chi connectivity index (χ1n) is 7.89. The summed E-state index contributed by atoms with van der Waals surface area (Å²) in [5, 5.41) is 0. The van der Waals surface area contributed by atoms with Crippen molar-refractivity contribution < 1.29 is 4.74 Å². The van der Waals surface area contributed by atoms with E-state index in [4.69, 9.17) is 16.3 Å². The molecule has 0 aliphatic heterocycles. The second kappa shape index (κ2) is 8.28. The van der Waals surface area contributed by atoms with Gasteiger partial charge in [-0.15, -0.1) is 11.6 Å². The van der Waals surface area contributed by atoms with Crippen molar-refractivity contribution in [2.75, 3.05) is 7.11 Å². The molecule has 3 nitrogen and oxygen atoms in total. The molecule has 2 rings (SSSR count). The van der Waals surface area contributed by atoms with Gasteiger partial charge in [-0.25, -0.2) is 4.98 Å². The number of halogens is 1. The molecular formula is C17H25ClN2O. The van der Waals surface area contributed by atoms with Gasteiger partial charge in [0.25, 0.3) is 0 Å². The molecule has 0 aliphatic carbocycles. The van der Waals surface area contributed by atoms with Gasteiger partial charge in [-0.2, -0.15) is 0 Å². The van der Waals surface area contributed by atoms with E-state index in [1.165, 1.54) is 38.5 Å². The van der Waals surface area contributed by atoms with Gasteiger partial charge in [0.05, 0.1) is 24.0 Å². The lowest BCUT2D eigenvalue weighted by Crippen LogP contribution is -2.02. The van der Waals surface area contributed by atoms with E-state index in [0.717, 1.165) is 29.2 Å². The summed E-state index contributed by atoms with van der Waals surface area (Å²) in [6.45, 7) is 3.25. The molecule has 0 radical (unpaired) electrons. The summed E-state index contributed by atoms with van der Waals surface area (Å²) in [6.07, 6.45) is 7.78. The highest BCUT2D eigenvalue weighted by Crippen LogP contribution is 2.23. The quantitative estimate of drug-likeness (QED) is 0.473. The third-order valence-corrected chi connectivity index (χ3v) is 4.13. The maximum atomic E-state index is 6.04. The summed E-state index contributed by atoms with van der Waals surface area (Å²) in [5.74, 6) is 2.24.